The van der Waals surface area contributed by atoms with Crippen molar-refractivity contribution in [2.75, 3.05) is 4.90 Å². The first-order chi connectivity index (χ1) is 28.8. The number of fused-ring (bicyclic) bond motifs is 5. The van der Waals surface area contributed by atoms with Crippen LogP contribution in [0.25, 0.3) is 82.4 Å². The SMILES string of the molecule is c1ccc(N(c2ccc(-c3ccc4ccccc4c3)cc2)c2ccc(-c3cccc4ccccc34)cc2)c(-c2ccccc2-n2c3ccccc3c3ccccc32)c1. The first kappa shape index (κ1) is 33.6. The van der Waals surface area contributed by atoms with Gasteiger partial charge < -0.3 is 9.47 Å². The zero-order valence-electron chi connectivity index (χ0n) is 31.8. The highest BCUT2D eigenvalue weighted by Gasteiger charge is 2.21. The maximum absolute atomic E-state index is 2.43. The molecular weight excluding hydrogens is 701 g/mol. The van der Waals surface area contributed by atoms with Gasteiger partial charge in [-0.2, -0.15) is 0 Å². The monoisotopic (exact) mass is 738 g/mol. The van der Waals surface area contributed by atoms with Crippen LogP contribution in [0.4, 0.5) is 17.1 Å². The van der Waals surface area contributed by atoms with Gasteiger partial charge in [-0.25, -0.2) is 0 Å². The van der Waals surface area contributed by atoms with Gasteiger partial charge >= 0.3 is 0 Å². The van der Waals surface area contributed by atoms with Crippen molar-refractivity contribution < 1.29 is 0 Å². The van der Waals surface area contributed by atoms with E-state index in [2.05, 4.69) is 240 Å². The lowest BCUT2D eigenvalue weighted by Gasteiger charge is -2.29. The third-order valence-corrected chi connectivity index (χ3v) is 11.6. The molecule has 0 fully saturated rings. The molecule has 2 heteroatoms. The van der Waals surface area contributed by atoms with Crippen LogP contribution >= 0.6 is 0 Å². The minimum absolute atomic E-state index is 1.09. The fourth-order valence-corrected chi connectivity index (χ4v) is 8.84. The molecule has 2 nitrogen and oxygen atoms in total. The summed E-state index contributed by atoms with van der Waals surface area (Å²) >= 11 is 0. The molecule has 0 atom stereocenters. The maximum Gasteiger partial charge on any atom is 0.0541 e. The molecule has 0 amide bonds. The Morgan fingerprint density at radius 2 is 0.793 bits per heavy atom. The predicted octanol–water partition coefficient (Wildman–Crippen LogP) is 15.6. The Labute approximate surface area is 338 Å². The molecule has 272 valence electrons. The summed E-state index contributed by atoms with van der Waals surface area (Å²) in [6, 6.07) is 83.7. The summed E-state index contributed by atoms with van der Waals surface area (Å²) in [6.45, 7) is 0. The summed E-state index contributed by atoms with van der Waals surface area (Å²) < 4.78 is 2.43. The van der Waals surface area contributed by atoms with Gasteiger partial charge in [0.05, 0.1) is 22.4 Å². The summed E-state index contributed by atoms with van der Waals surface area (Å²) in [5.74, 6) is 0. The molecule has 1 aromatic heterocycles. The van der Waals surface area contributed by atoms with Crippen molar-refractivity contribution in [3.8, 4) is 39.1 Å². The molecule has 0 aliphatic carbocycles. The number of para-hydroxylation sites is 4. The van der Waals surface area contributed by atoms with Gasteiger partial charge in [-0.15, -0.1) is 0 Å². The summed E-state index contributed by atoms with van der Waals surface area (Å²) in [5.41, 5.74) is 13.9. The fourth-order valence-electron chi connectivity index (χ4n) is 8.84. The summed E-state index contributed by atoms with van der Waals surface area (Å²) in [5, 5.41) is 7.49. The topological polar surface area (TPSA) is 8.17 Å². The van der Waals surface area contributed by atoms with E-state index in [4.69, 9.17) is 0 Å². The number of hydrogen-bond donors (Lipinski definition) is 0. The molecule has 0 saturated carbocycles. The normalized spacial score (nSPS) is 11.4. The number of anilines is 3. The van der Waals surface area contributed by atoms with Gasteiger partial charge in [-0.05, 0) is 98.4 Å². The van der Waals surface area contributed by atoms with Gasteiger partial charge in [-0.3, -0.25) is 0 Å². The van der Waals surface area contributed by atoms with Crippen molar-refractivity contribution >= 4 is 60.4 Å². The quantitative estimate of drug-likeness (QED) is 0.158. The van der Waals surface area contributed by atoms with E-state index in [-0.39, 0.29) is 0 Å². The molecule has 58 heavy (non-hydrogen) atoms. The van der Waals surface area contributed by atoms with Crippen molar-refractivity contribution in [3.05, 3.63) is 231 Å². The van der Waals surface area contributed by atoms with Crippen molar-refractivity contribution in [3.63, 3.8) is 0 Å². The lowest BCUT2D eigenvalue weighted by Crippen LogP contribution is -2.11. The van der Waals surface area contributed by atoms with Crippen LogP contribution in [0.1, 0.15) is 0 Å². The molecule has 0 aliphatic rings. The molecule has 0 radical (unpaired) electrons. The highest BCUT2D eigenvalue weighted by Crippen LogP contribution is 2.45. The van der Waals surface area contributed by atoms with Crippen LogP contribution in [0.2, 0.25) is 0 Å². The van der Waals surface area contributed by atoms with Gasteiger partial charge in [0.15, 0.2) is 0 Å². The van der Waals surface area contributed by atoms with E-state index in [0.717, 1.165) is 33.9 Å². The van der Waals surface area contributed by atoms with Gasteiger partial charge in [0.2, 0.25) is 0 Å². The van der Waals surface area contributed by atoms with E-state index in [1.165, 1.54) is 65.6 Å². The molecule has 0 bridgehead atoms. The number of aromatic nitrogens is 1. The molecule has 0 spiro atoms. The van der Waals surface area contributed by atoms with Crippen LogP contribution in [0.3, 0.4) is 0 Å². The number of rotatable bonds is 7. The Bertz CT molecular complexity index is 3220. The highest BCUT2D eigenvalue weighted by molar-refractivity contribution is 6.10. The molecule has 0 aliphatic heterocycles. The van der Waals surface area contributed by atoms with E-state index in [9.17, 15) is 0 Å². The van der Waals surface area contributed by atoms with Gasteiger partial charge in [0.25, 0.3) is 0 Å². The van der Waals surface area contributed by atoms with E-state index in [1.54, 1.807) is 0 Å². The summed E-state index contributed by atoms with van der Waals surface area (Å²) in [6.07, 6.45) is 0. The Kier molecular flexibility index (Phi) is 8.19. The van der Waals surface area contributed by atoms with E-state index < -0.39 is 0 Å². The maximum atomic E-state index is 2.43. The Hall–Kier alpha value is -7.68. The lowest BCUT2D eigenvalue weighted by molar-refractivity contribution is 1.18. The first-order valence-corrected chi connectivity index (χ1v) is 19.9. The Morgan fingerprint density at radius 3 is 1.52 bits per heavy atom. The van der Waals surface area contributed by atoms with Crippen molar-refractivity contribution in [2.24, 2.45) is 0 Å². The van der Waals surface area contributed by atoms with Crippen molar-refractivity contribution in [1.29, 1.82) is 0 Å². The third-order valence-electron chi connectivity index (χ3n) is 11.6. The van der Waals surface area contributed by atoms with Crippen LogP contribution in [-0.4, -0.2) is 4.57 Å². The molecule has 10 aromatic carbocycles. The Balaban J connectivity index is 1.08. The van der Waals surface area contributed by atoms with E-state index >= 15 is 0 Å². The highest BCUT2D eigenvalue weighted by atomic mass is 15.1. The molecule has 11 aromatic rings. The standard InChI is InChI=1S/C56H38N2/c1-2-16-43-38-44(29-28-39(43)14-1)40-30-34-45(35-31-40)57(46-36-32-42(33-37-46)48-23-13-17-41-15-3-4-18-47(41)48)53-24-9-5-19-49(53)50-20-6-10-25-54(50)58-55-26-11-7-21-51(55)52-22-8-12-27-56(52)58/h1-38H. The number of benzene rings is 10. The summed E-state index contributed by atoms with van der Waals surface area (Å²) in [4.78, 5) is 2.41. The number of hydrogen-bond acceptors (Lipinski definition) is 1. The Morgan fingerprint density at radius 1 is 0.293 bits per heavy atom. The van der Waals surface area contributed by atoms with Gasteiger partial charge in [0.1, 0.15) is 0 Å². The number of nitrogens with zero attached hydrogens (tertiary/aromatic N) is 2. The molecule has 11 rings (SSSR count). The molecule has 0 N–H and O–H groups in total. The third kappa shape index (κ3) is 5.74. The predicted molar refractivity (Wildman–Crippen MR) is 247 cm³/mol. The van der Waals surface area contributed by atoms with Gasteiger partial charge in [0, 0.05) is 33.3 Å². The molecular formula is C56H38N2. The van der Waals surface area contributed by atoms with E-state index in [1.807, 2.05) is 0 Å². The molecule has 0 unspecified atom stereocenters. The van der Waals surface area contributed by atoms with E-state index in [0.29, 0.717) is 0 Å². The average molecular weight is 739 g/mol. The van der Waals surface area contributed by atoms with Gasteiger partial charge in [-0.1, -0.05) is 176 Å². The zero-order chi connectivity index (χ0) is 38.4. The summed E-state index contributed by atoms with van der Waals surface area (Å²) in [7, 11) is 0. The second kappa shape index (κ2) is 14.1. The van der Waals surface area contributed by atoms with Crippen molar-refractivity contribution in [1.82, 2.24) is 4.57 Å². The fraction of sp³-hybridized carbons (Fsp3) is 0. The van der Waals surface area contributed by atoms with Crippen LogP contribution in [0, 0.1) is 0 Å². The second-order valence-electron chi connectivity index (χ2n) is 14.9. The zero-order valence-corrected chi connectivity index (χ0v) is 31.8. The van der Waals surface area contributed by atoms with Crippen LogP contribution in [0.15, 0.2) is 231 Å². The minimum atomic E-state index is 1.09. The lowest BCUT2D eigenvalue weighted by atomic mass is 9.97. The molecule has 0 saturated heterocycles. The minimum Gasteiger partial charge on any atom is -0.310 e. The van der Waals surface area contributed by atoms with Crippen LogP contribution in [-0.2, 0) is 0 Å². The average Bonchev–Trinajstić information content (AvgIpc) is 3.64. The van der Waals surface area contributed by atoms with Crippen LogP contribution in [0.5, 0.6) is 0 Å². The first-order valence-electron chi connectivity index (χ1n) is 19.9. The van der Waals surface area contributed by atoms with Crippen LogP contribution < -0.4 is 4.90 Å². The smallest absolute Gasteiger partial charge is 0.0541 e. The van der Waals surface area contributed by atoms with Crippen molar-refractivity contribution in [2.45, 2.75) is 0 Å². The largest absolute Gasteiger partial charge is 0.310 e. The second-order valence-corrected chi connectivity index (χ2v) is 14.9. The molecule has 1 heterocycles.